The highest BCUT2D eigenvalue weighted by Gasteiger charge is 2.28. The lowest BCUT2D eigenvalue weighted by Gasteiger charge is -2.25. The number of amides is 1. The van der Waals surface area contributed by atoms with Crippen molar-refractivity contribution in [1.82, 2.24) is 9.36 Å². The number of hydrogen-bond donors (Lipinski definition) is 5. The summed E-state index contributed by atoms with van der Waals surface area (Å²) in [4.78, 5) is 17.6. The summed E-state index contributed by atoms with van der Waals surface area (Å²) in [5, 5.41) is 25.3. The van der Waals surface area contributed by atoms with Crippen LogP contribution in [0.5, 0.6) is 0 Å². The van der Waals surface area contributed by atoms with Gasteiger partial charge in [-0.25, -0.2) is 4.98 Å². The van der Waals surface area contributed by atoms with Crippen molar-refractivity contribution in [3.05, 3.63) is 68.9 Å². The lowest BCUT2D eigenvalue weighted by atomic mass is 9.92. The van der Waals surface area contributed by atoms with Gasteiger partial charge in [0, 0.05) is 11.4 Å². The first-order valence-corrected chi connectivity index (χ1v) is 20.6. The van der Waals surface area contributed by atoms with Crippen LogP contribution >= 0.6 is 11.5 Å². The largest absolute Gasteiger partial charge is 0.365 e. The number of carbonyl (C=O) groups excluding carboxylic acids is 1. The number of hydrogen-bond acceptors (Lipinski definition) is 13. The SMILES string of the molecule is Cc1nsc(N=Nc2c(Nc3c(C(C)C)cc(S(=O)(=O)O)cc3C(C)C)nc(Nc3c(C(C)C)cc(S(=O)(=O)O)cc3C(C)C)c(C(N)=O)c2C)c1C#N. The van der Waals surface area contributed by atoms with Crippen LogP contribution in [0.1, 0.15) is 128 Å². The molecule has 2 aromatic heterocycles. The number of benzene rings is 2. The summed E-state index contributed by atoms with van der Waals surface area (Å²) in [6.45, 7) is 18.1. The molecule has 0 saturated carbocycles. The molecule has 15 nitrogen and oxygen atoms in total. The van der Waals surface area contributed by atoms with E-state index in [1.807, 2.05) is 55.4 Å². The topological polar surface area (TPSA) is 250 Å². The number of nitrogens with zero attached hydrogens (tertiary/aromatic N) is 5. The van der Waals surface area contributed by atoms with Crippen molar-refractivity contribution < 1.29 is 30.7 Å². The second-order valence-corrected chi connectivity index (χ2v) is 17.6. The normalized spacial score (nSPS) is 12.4. The Morgan fingerprint density at radius 2 is 1.19 bits per heavy atom. The molecule has 0 aliphatic carbocycles. The minimum absolute atomic E-state index is 0.0112. The van der Waals surface area contributed by atoms with Crippen LogP contribution in [0.15, 0.2) is 44.3 Å². The lowest BCUT2D eigenvalue weighted by Crippen LogP contribution is -2.18. The summed E-state index contributed by atoms with van der Waals surface area (Å²) in [5.74, 6) is -1.87. The number of nitriles is 1. The second kappa shape index (κ2) is 15.9. The van der Waals surface area contributed by atoms with Gasteiger partial charge in [0.2, 0.25) is 0 Å². The number of azo groups is 1. The molecule has 4 rings (SSSR count). The van der Waals surface area contributed by atoms with E-state index in [0.717, 1.165) is 11.5 Å². The van der Waals surface area contributed by atoms with Gasteiger partial charge in [-0.15, -0.1) is 10.2 Å². The number of anilines is 4. The fourth-order valence-corrected chi connectivity index (χ4v) is 7.69. The number of pyridine rings is 1. The zero-order valence-electron chi connectivity index (χ0n) is 31.6. The Labute approximate surface area is 319 Å². The van der Waals surface area contributed by atoms with E-state index in [1.54, 1.807) is 13.8 Å². The number of nitrogens with one attached hydrogen (secondary N) is 2. The molecule has 0 spiro atoms. The Balaban J connectivity index is 2.14. The number of primary amides is 1. The van der Waals surface area contributed by atoms with Crippen LogP contribution < -0.4 is 16.4 Å². The molecular formula is C36H44N8O7S3. The molecule has 0 saturated heterocycles. The summed E-state index contributed by atoms with van der Waals surface area (Å²) in [5.41, 5.74) is 9.94. The highest BCUT2D eigenvalue weighted by Crippen LogP contribution is 2.44. The summed E-state index contributed by atoms with van der Waals surface area (Å²) in [6, 6.07) is 7.54. The van der Waals surface area contributed by atoms with Crippen LogP contribution in [0, 0.1) is 25.2 Å². The molecule has 0 radical (unpaired) electrons. The quantitative estimate of drug-likeness (QED) is 0.0628. The fraction of sp³-hybridized carbons (Fsp3) is 0.389. The monoisotopic (exact) mass is 796 g/mol. The van der Waals surface area contributed by atoms with E-state index < -0.39 is 26.1 Å². The summed E-state index contributed by atoms with van der Waals surface area (Å²) < 4.78 is 73.5. The third-order valence-corrected chi connectivity index (χ3v) is 11.3. The zero-order valence-corrected chi connectivity index (χ0v) is 34.0. The van der Waals surface area contributed by atoms with Gasteiger partial charge in [0.05, 0.1) is 21.0 Å². The lowest BCUT2D eigenvalue weighted by molar-refractivity contribution is 0.1000. The maximum atomic E-state index is 13.3. The molecule has 288 valence electrons. The van der Waals surface area contributed by atoms with Crippen molar-refractivity contribution >= 4 is 71.4 Å². The van der Waals surface area contributed by atoms with Crippen molar-refractivity contribution in [2.24, 2.45) is 16.0 Å². The first kappa shape index (κ1) is 41.9. The number of nitrogens with two attached hydrogens (primary N) is 1. The van der Waals surface area contributed by atoms with Gasteiger partial charge in [-0.2, -0.15) is 26.5 Å². The van der Waals surface area contributed by atoms with E-state index in [4.69, 9.17) is 10.7 Å². The number of carbonyl (C=O) groups is 1. The van der Waals surface area contributed by atoms with Crippen molar-refractivity contribution in [1.29, 1.82) is 5.26 Å². The first-order chi connectivity index (χ1) is 25.0. The van der Waals surface area contributed by atoms with Crippen molar-refractivity contribution in [3.8, 4) is 6.07 Å². The van der Waals surface area contributed by atoms with Gasteiger partial charge in [0.25, 0.3) is 26.1 Å². The second-order valence-electron chi connectivity index (χ2n) is 14.1. The minimum atomic E-state index is -4.58. The summed E-state index contributed by atoms with van der Waals surface area (Å²) in [6.07, 6.45) is 0. The third kappa shape index (κ3) is 8.77. The van der Waals surface area contributed by atoms with Gasteiger partial charge in [-0.05, 0) is 101 Å². The third-order valence-electron chi connectivity index (χ3n) is 8.77. The maximum Gasteiger partial charge on any atom is 0.294 e. The molecule has 1 amide bonds. The van der Waals surface area contributed by atoms with Crippen molar-refractivity contribution in [2.45, 2.75) is 103 Å². The van der Waals surface area contributed by atoms with Crippen LogP contribution in [0.25, 0.3) is 0 Å². The minimum Gasteiger partial charge on any atom is -0.365 e. The van der Waals surface area contributed by atoms with E-state index in [0.29, 0.717) is 39.3 Å². The van der Waals surface area contributed by atoms with Crippen LogP contribution in [0.3, 0.4) is 0 Å². The van der Waals surface area contributed by atoms with Crippen LogP contribution in [0.4, 0.5) is 33.7 Å². The van der Waals surface area contributed by atoms with Gasteiger partial charge in [0.1, 0.15) is 23.1 Å². The molecule has 4 aromatic rings. The molecule has 18 heteroatoms. The van der Waals surface area contributed by atoms with Gasteiger partial charge >= 0.3 is 0 Å². The molecule has 0 fully saturated rings. The van der Waals surface area contributed by atoms with Gasteiger partial charge in [0.15, 0.2) is 10.8 Å². The summed E-state index contributed by atoms with van der Waals surface area (Å²) >= 11 is 0.960. The van der Waals surface area contributed by atoms with Crippen molar-refractivity contribution in [3.63, 3.8) is 0 Å². The van der Waals surface area contributed by atoms with Gasteiger partial charge < -0.3 is 16.4 Å². The fourth-order valence-electron chi connectivity index (χ4n) is 5.91. The van der Waals surface area contributed by atoms with E-state index in [-0.39, 0.29) is 72.5 Å². The molecule has 0 unspecified atom stereocenters. The Hall–Kier alpha value is -4.80. The van der Waals surface area contributed by atoms with E-state index in [1.165, 1.54) is 24.3 Å². The van der Waals surface area contributed by atoms with E-state index in [2.05, 4.69) is 31.3 Å². The Morgan fingerprint density at radius 1 is 0.778 bits per heavy atom. The average Bonchev–Trinajstić information content (AvgIpc) is 3.41. The molecular weight excluding hydrogens is 753 g/mol. The van der Waals surface area contributed by atoms with Crippen LogP contribution in [-0.2, 0) is 20.2 Å². The van der Waals surface area contributed by atoms with Gasteiger partial charge in [-0.1, -0.05) is 55.4 Å². The zero-order chi connectivity index (χ0) is 40.6. The van der Waals surface area contributed by atoms with Crippen LogP contribution in [-0.4, -0.2) is 41.2 Å². The van der Waals surface area contributed by atoms with Crippen LogP contribution in [0.2, 0.25) is 0 Å². The Bertz CT molecular complexity index is 2370. The molecule has 0 aliphatic rings. The predicted molar refractivity (Wildman–Crippen MR) is 209 cm³/mol. The van der Waals surface area contributed by atoms with Crippen molar-refractivity contribution in [2.75, 3.05) is 10.6 Å². The smallest absolute Gasteiger partial charge is 0.294 e. The molecule has 0 aliphatic heterocycles. The molecule has 0 atom stereocenters. The number of rotatable bonds is 13. The highest BCUT2D eigenvalue weighted by atomic mass is 32.2. The van der Waals surface area contributed by atoms with E-state index >= 15 is 0 Å². The molecule has 54 heavy (non-hydrogen) atoms. The Morgan fingerprint density at radius 3 is 1.54 bits per heavy atom. The molecule has 2 heterocycles. The molecule has 0 bridgehead atoms. The summed E-state index contributed by atoms with van der Waals surface area (Å²) in [7, 11) is -9.15. The standard InChI is InChI=1S/C36H44N8O7S3/c1-16(2)24-11-22(53(46,47)48)12-25(17(3)4)31(24)39-34-29(33(38)45)20(9)30(42-43-36-28(15-37)21(10)44-52-36)35(41-34)40-32-26(18(5)6)13-23(54(49,50)51)14-27(32)19(7)8/h11-14,16-19H,1-10H3,(H2,38,45)(H2,39,40,41)(H,46,47,48)(H,49,50,51). The van der Waals surface area contributed by atoms with E-state index in [9.17, 15) is 36.0 Å². The van der Waals surface area contributed by atoms with Gasteiger partial charge in [-0.3, -0.25) is 13.9 Å². The Kier molecular flexibility index (Phi) is 12.3. The molecule has 2 aromatic carbocycles. The highest BCUT2D eigenvalue weighted by molar-refractivity contribution is 7.86. The first-order valence-electron chi connectivity index (χ1n) is 16.9. The molecule has 6 N–H and O–H groups in total. The predicted octanol–water partition coefficient (Wildman–Crippen LogP) is 9.02. The number of aryl methyl sites for hydroxylation is 1. The maximum absolute atomic E-state index is 13.3. The average molecular weight is 797 g/mol. The number of aromatic nitrogens is 2.